The number of guanidine groups is 1. The molecule has 1 aromatic carbocycles. The van der Waals surface area contributed by atoms with E-state index < -0.39 is 0 Å². The lowest BCUT2D eigenvalue weighted by atomic mass is 10.1. The molecule has 2 rings (SSSR count). The van der Waals surface area contributed by atoms with Gasteiger partial charge in [0.2, 0.25) is 0 Å². The second-order valence-corrected chi connectivity index (χ2v) is 4.86. The number of nitrogens with zero attached hydrogens (tertiary/aromatic N) is 1. The number of nitrogens with one attached hydrogen (secondary N) is 1. The molecule has 0 spiro atoms. The van der Waals surface area contributed by atoms with Gasteiger partial charge in [-0.1, -0.05) is 23.7 Å². The molecule has 3 N–H and O–H groups in total. The van der Waals surface area contributed by atoms with E-state index in [0.29, 0.717) is 23.6 Å². The lowest BCUT2D eigenvalue weighted by molar-refractivity contribution is 0.111. The maximum absolute atomic E-state index is 5.96. The number of ether oxygens (including phenoxy) is 1. The molecule has 0 aromatic heterocycles. The summed E-state index contributed by atoms with van der Waals surface area (Å²) in [4.78, 5) is 4.30. The van der Waals surface area contributed by atoms with E-state index in [1.807, 2.05) is 24.3 Å². The van der Waals surface area contributed by atoms with Crippen molar-refractivity contribution in [2.75, 3.05) is 13.7 Å². The van der Waals surface area contributed by atoms with Crippen molar-refractivity contribution < 1.29 is 4.74 Å². The number of methoxy groups -OCH3 is 1. The number of benzene rings is 1. The van der Waals surface area contributed by atoms with Crippen molar-refractivity contribution in [3.05, 3.63) is 34.9 Å². The number of halogens is 1. The van der Waals surface area contributed by atoms with Crippen LogP contribution in [0.5, 0.6) is 0 Å². The quantitative estimate of drug-likeness (QED) is 0.634. The summed E-state index contributed by atoms with van der Waals surface area (Å²) >= 11 is 5.96. The molecule has 18 heavy (non-hydrogen) atoms. The highest BCUT2D eigenvalue weighted by Crippen LogP contribution is 2.21. The SMILES string of the molecule is COC(CN=C(N)NC1CC1)c1cccc(Cl)c1. The maximum atomic E-state index is 5.96. The van der Waals surface area contributed by atoms with Gasteiger partial charge in [-0.2, -0.15) is 0 Å². The van der Waals surface area contributed by atoms with Crippen LogP contribution in [0.1, 0.15) is 24.5 Å². The molecule has 0 heterocycles. The van der Waals surface area contributed by atoms with Crippen LogP contribution in [0.4, 0.5) is 0 Å². The van der Waals surface area contributed by atoms with Gasteiger partial charge in [-0.05, 0) is 30.5 Å². The Balaban J connectivity index is 1.95. The fourth-order valence-electron chi connectivity index (χ4n) is 1.69. The predicted octanol–water partition coefficient (Wildman–Crippen LogP) is 2.09. The zero-order chi connectivity index (χ0) is 13.0. The van der Waals surface area contributed by atoms with E-state index in [0.717, 1.165) is 5.56 Å². The molecule has 1 aromatic rings. The Morgan fingerprint density at radius 2 is 2.39 bits per heavy atom. The Bertz CT molecular complexity index is 432. The molecule has 1 atom stereocenters. The standard InChI is InChI=1S/C13H18ClN3O/c1-18-12(9-3-2-4-10(14)7-9)8-16-13(15)17-11-5-6-11/h2-4,7,11-12H,5-6,8H2,1H3,(H3,15,16,17). The fraction of sp³-hybridized carbons (Fsp3) is 0.462. The van der Waals surface area contributed by atoms with E-state index in [1.54, 1.807) is 7.11 Å². The summed E-state index contributed by atoms with van der Waals surface area (Å²) in [6.45, 7) is 0.488. The van der Waals surface area contributed by atoms with Crippen LogP contribution in [-0.4, -0.2) is 25.7 Å². The first-order valence-electron chi connectivity index (χ1n) is 6.03. The van der Waals surface area contributed by atoms with E-state index >= 15 is 0 Å². The van der Waals surface area contributed by atoms with Crippen molar-refractivity contribution in [2.24, 2.45) is 10.7 Å². The smallest absolute Gasteiger partial charge is 0.188 e. The van der Waals surface area contributed by atoms with Gasteiger partial charge in [-0.3, -0.25) is 4.99 Å². The maximum Gasteiger partial charge on any atom is 0.188 e. The van der Waals surface area contributed by atoms with Crippen molar-refractivity contribution in [3.8, 4) is 0 Å². The molecular formula is C13H18ClN3O. The summed E-state index contributed by atoms with van der Waals surface area (Å²) in [6, 6.07) is 8.11. The van der Waals surface area contributed by atoms with E-state index in [4.69, 9.17) is 22.1 Å². The Morgan fingerprint density at radius 1 is 1.61 bits per heavy atom. The van der Waals surface area contributed by atoms with Crippen LogP contribution >= 0.6 is 11.6 Å². The first-order chi connectivity index (χ1) is 8.69. The molecule has 0 radical (unpaired) electrons. The van der Waals surface area contributed by atoms with Crippen molar-refractivity contribution in [1.29, 1.82) is 0 Å². The van der Waals surface area contributed by atoms with E-state index in [2.05, 4.69) is 10.3 Å². The minimum absolute atomic E-state index is 0.122. The van der Waals surface area contributed by atoms with E-state index in [1.165, 1.54) is 12.8 Å². The number of aliphatic imine (C=N–C) groups is 1. The Kier molecular flexibility index (Phi) is 4.44. The van der Waals surface area contributed by atoms with Crippen LogP contribution in [0.2, 0.25) is 5.02 Å². The van der Waals surface area contributed by atoms with Gasteiger partial charge in [0.05, 0.1) is 6.54 Å². The summed E-state index contributed by atoms with van der Waals surface area (Å²) in [5.41, 5.74) is 6.79. The van der Waals surface area contributed by atoms with Crippen LogP contribution in [0.25, 0.3) is 0 Å². The largest absolute Gasteiger partial charge is 0.375 e. The highest BCUT2D eigenvalue weighted by Gasteiger charge is 2.21. The molecule has 1 saturated carbocycles. The van der Waals surface area contributed by atoms with Gasteiger partial charge >= 0.3 is 0 Å². The summed E-state index contributed by atoms with van der Waals surface area (Å²) in [5.74, 6) is 0.488. The minimum atomic E-state index is -0.122. The topological polar surface area (TPSA) is 59.6 Å². The van der Waals surface area contributed by atoms with Crippen molar-refractivity contribution in [1.82, 2.24) is 5.32 Å². The molecule has 1 aliphatic rings. The number of hydrogen-bond acceptors (Lipinski definition) is 2. The van der Waals surface area contributed by atoms with Crippen LogP contribution in [0, 0.1) is 0 Å². The second-order valence-electron chi connectivity index (χ2n) is 4.42. The molecule has 0 saturated heterocycles. The van der Waals surface area contributed by atoms with Gasteiger partial charge in [-0.15, -0.1) is 0 Å². The normalized spacial score (nSPS) is 17.6. The van der Waals surface area contributed by atoms with Gasteiger partial charge in [-0.25, -0.2) is 0 Å². The summed E-state index contributed by atoms with van der Waals surface area (Å²) < 4.78 is 5.41. The molecular weight excluding hydrogens is 250 g/mol. The molecule has 98 valence electrons. The fourth-order valence-corrected chi connectivity index (χ4v) is 1.89. The molecule has 4 nitrogen and oxygen atoms in total. The second kappa shape index (κ2) is 6.07. The Hall–Kier alpha value is -1.26. The first kappa shape index (κ1) is 13.2. The molecule has 1 fully saturated rings. The van der Waals surface area contributed by atoms with Gasteiger partial charge in [0.15, 0.2) is 5.96 Å². The summed E-state index contributed by atoms with van der Waals surface area (Å²) in [6.07, 6.45) is 2.24. The predicted molar refractivity (Wildman–Crippen MR) is 73.8 cm³/mol. The summed E-state index contributed by atoms with van der Waals surface area (Å²) in [5, 5.41) is 3.84. The lowest BCUT2D eigenvalue weighted by Gasteiger charge is -2.14. The van der Waals surface area contributed by atoms with Crippen molar-refractivity contribution in [3.63, 3.8) is 0 Å². The zero-order valence-corrected chi connectivity index (χ0v) is 11.2. The summed E-state index contributed by atoms with van der Waals surface area (Å²) in [7, 11) is 1.66. The highest BCUT2D eigenvalue weighted by atomic mass is 35.5. The monoisotopic (exact) mass is 267 g/mol. The average molecular weight is 268 g/mol. The highest BCUT2D eigenvalue weighted by molar-refractivity contribution is 6.30. The lowest BCUT2D eigenvalue weighted by Crippen LogP contribution is -2.33. The third kappa shape index (κ3) is 3.89. The van der Waals surface area contributed by atoms with E-state index in [9.17, 15) is 0 Å². The molecule has 0 amide bonds. The third-order valence-electron chi connectivity index (χ3n) is 2.86. The minimum Gasteiger partial charge on any atom is -0.375 e. The van der Waals surface area contributed by atoms with Crippen LogP contribution in [-0.2, 0) is 4.74 Å². The molecule has 5 heteroatoms. The third-order valence-corrected chi connectivity index (χ3v) is 3.10. The first-order valence-corrected chi connectivity index (χ1v) is 6.41. The van der Waals surface area contributed by atoms with Gasteiger partial charge in [0, 0.05) is 18.2 Å². The van der Waals surface area contributed by atoms with Crippen LogP contribution in [0.15, 0.2) is 29.3 Å². The molecule has 0 aliphatic heterocycles. The van der Waals surface area contributed by atoms with Crippen molar-refractivity contribution in [2.45, 2.75) is 25.0 Å². The zero-order valence-electron chi connectivity index (χ0n) is 10.4. The Labute approximate surface area is 112 Å². The number of nitrogens with two attached hydrogens (primary N) is 1. The molecule has 1 unspecified atom stereocenters. The van der Waals surface area contributed by atoms with Crippen LogP contribution < -0.4 is 11.1 Å². The van der Waals surface area contributed by atoms with Gasteiger partial charge < -0.3 is 15.8 Å². The Morgan fingerprint density at radius 3 is 3.00 bits per heavy atom. The number of hydrogen-bond donors (Lipinski definition) is 2. The molecule has 0 bridgehead atoms. The average Bonchev–Trinajstić information content (AvgIpc) is 3.14. The molecule has 1 aliphatic carbocycles. The van der Waals surface area contributed by atoms with Gasteiger partial charge in [0.1, 0.15) is 6.10 Å². The van der Waals surface area contributed by atoms with Crippen LogP contribution in [0.3, 0.4) is 0 Å². The van der Waals surface area contributed by atoms with Gasteiger partial charge in [0.25, 0.3) is 0 Å². The number of rotatable bonds is 5. The van der Waals surface area contributed by atoms with Crippen molar-refractivity contribution >= 4 is 17.6 Å². The van der Waals surface area contributed by atoms with E-state index in [-0.39, 0.29) is 6.10 Å².